The first-order valence-electron chi connectivity index (χ1n) is 6.60. The first-order chi connectivity index (χ1) is 9.11. The Labute approximate surface area is 112 Å². The average molecular weight is 250 g/mol. The molecule has 19 heavy (non-hydrogen) atoms. The number of hydrogen-bond acceptors (Lipinski definition) is 1. The number of aromatic nitrogens is 2. The number of hydrogen-bond donors (Lipinski definition) is 0. The fourth-order valence-electron chi connectivity index (χ4n) is 2.82. The fraction of sp³-hybridized carbons (Fsp3) is 0.235. The molecule has 0 radical (unpaired) electrons. The van der Waals surface area contributed by atoms with Gasteiger partial charge in [0.25, 0.3) is 0 Å². The van der Waals surface area contributed by atoms with Gasteiger partial charge in [0.2, 0.25) is 0 Å². The van der Waals surface area contributed by atoms with Gasteiger partial charge in [-0.25, -0.2) is 4.98 Å². The fourth-order valence-corrected chi connectivity index (χ4v) is 2.82. The first kappa shape index (κ1) is 12.0. The van der Waals surface area contributed by atoms with E-state index in [0.717, 1.165) is 5.65 Å². The summed E-state index contributed by atoms with van der Waals surface area (Å²) in [6, 6.07) is 8.52. The summed E-state index contributed by atoms with van der Waals surface area (Å²) in [5.41, 5.74) is 3.68. The summed E-state index contributed by atoms with van der Waals surface area (Å²) in [7, 11) is 0. The van der Waals surface area contributed by atoms with E-state index in [9.17, 15) is 0 Å². The van der Waals surface area contributed by atoms with E-state index >= 15 is 0 Å². The molecule has 0 amide bonds. The Balaban J connectivity index is 2.89. The van der Waals surface area contributed by atoms with E-state index < -0.39 is 0 Å². The van der Waals surface area contributed by atoms with Crippen LogP contribution in [0.25, 0.3) is 27.6 Å². The van der Waals surface area contributed by atoms with E-state index in [1.165, 1.54) is 32.5 Å². The number of nitrogens with zero attached hydrogens (tertiary/aromatic N) is 2. The molecular formula is C17H18N2. The van der Waals surface area contributed by atoms with Gasteiger partial charge in [-0.3, -0.25) is 4.40 Å². The Hall–Kier alpha value is -2.09. The molecule has 0 atom stereocenters. The molecule has 0 aliphatic rings. The van der Waals surface area contributed by atoms with E-state index in [4.69, 9.17) is 0 Å². The van der Waals surface area contributed by atoms with Crippen LogP contribution >= 0.6 is 0 Å². The Morgan fingerprint density at radius 1 is 0.947 bits per heavy atom. The van der Waals surface area contributed by atoms with Crippen LogP contribution in [0.1, 0.15) is 27.7 Å². The zero-order valence-corrected chi connectivity index (χ0v) is 11.9. The number of benzene rings is 1. The van der Waals surface area contributed by atoms with Gasteiger partial charge in [0.05, 0.1) is 5.35 Å². The Bertz CT molecular complexity index is 890. The summed E-state index contributed by atoms with van der Waals surface area (Å²) in [5.74, 6) is 0. The maximum Gasteiger partial charge on any atom is 0.145 e. The summed E-state index contributed by atoms with van der Waals surface area (Å²) < 4.78 is 2.21. The highest BCUT2D eigenvalue weighted by Gasteiger charge is 2.07. The molecule has 3 aromatic rings. The molecule has 2 nitrogen and oxygen atoms in total. The smallest absolute Gasteiger partial charge is 0.145 e. The summed E-state index contributed by atoms with van der Waals surface area (Å²) in [4.78, 5) is 4.53. The molecule has 0 spiro atoms. The molecule has 2 heterocycles. The third-order valence-electron chi connectivity index (χ3n) is 3.53. The lowest BCUT2D eigenvalue weighted by Gasteiger charge is -2.08. The topological polar surface area (TPSA) is 17.3 Å². The SMILES string of the molecule is CC(C)=c1c(=C(C)C)n2ccnc2c2ccccc12. The molecule has 0 aliphatic carbocycles. The second-order valence-corrected chi connectivity index (χ2v) is 5.39. The minimum absolute atomic E-state index is 1.04. The summed E-state index contributed by atoms with van der Waals surface area (Å²) >= 11 is 0. The summed E-state index contributed by atoms with van der Waals surface area (Å²) in [6.07, 6.45) is 3.93. The predicted molar refractivity (Wildman–Crippen MR) is 81.5 cm³/mol. The quantitative estimate of drug-likeness (QED) is 0.599. The average Bonchev–Trinajstić information content (AvgIpc) is 2.85. The van der Waals surface area contributed by atoms with Crippen LogP contribution in [0.3, 0.4) is 0 Å². The molecular weight excluding hydrogens is 232 g/mol. The van der Waals surface area contributed by atoms with E-state index in [1.54, 1.807) is 0 Å². The lowest BCUT2D eigenvalue weighted by Crippen LogP contribution is -2.34. The largest absolute Gasteiger partial charge is 0.299 e. The lowest BCUT2D eigenvalue weighted by atomic mass is 10.1. The molecule has 3 rings (SSSR count). The monoisotopic (exact) mass is 250 g/mol. The standard InChI is InChI=1S/C17H18N2/c1-11(2)15-13-7-5-6-8-14(13)17-18-9-10-19(17)16(15)12(3)4/h5-10H,1-4H3. The third-order valence-corrected chi connectivity index (χ3v) is 3.53. The van der Waals surface area contributed by atoms with Crippen molar-refractivity contribution >= 4 is 27.6 Å². The van der Waals surface area contributed by atoms with Crippen molar-refractivity contribution in [2.45, 2.75) is 27.7 Å². The third kappa shape index (κ3) is 1.67. The molecule has 2 heteroatoms. The van der Waals surface area contributed by atoms with Crippen molar-refractivity contribution in [1.29, 1.82) is 0 Å². The Morgan fingerprint density at radius 2 is 1.63 bits per heavy atom. The Kier molecular flexibility index (Phi) is 2.67. The van der Waals surface area contributed by atoms with Crippen molar-refractivity contribution < 1.29 is 0 Å². The number of imidazole rings is 1. The number of pyridine rings is 1. The molecule has 0 unspecified atom stereocenters. The first-order valence-corrected chi connectivity index (χ1v) is 6.60. The van der Waals surface area contributed by atoms with Gasteiger partial charge in [-0.1, -0.05) is 35.4 Å². The van der Waals surface area contributed by atoms with Gasteiger partial charge in [0, 0.05) is 23.0 Å². The predicted octanol–water partition coefficient (Wildman–Crippen LogP) is 2.87. The minimum Gasteiger partial charge on any atom is -0.299 e. The van der Waals surface area contributed by atoms with Crippen LogP contribution in [0.5, 0.6) is 0 Å². The van der Waals surface area contributed by atoms with Crippen molar-refractivity contribution in [3.8, 4) is 0 Å². The molecule has 0 bridgehead atoms. The molecule has 0 saturated carbocycles. The van der Waals surface area contributed by atoms with Crippen molar-refractivity contribution in [1.82, 2.24) is 9.38 Å². The molecule has 2 aromatic heterocycles. The minimum atomic E-state index is 1.04. The highest BCUT2D eigenvalue weighted by molar-refractivity contribution is 5.95. The molecule has 0 N–H and O–H groups in total. The van der Waals surface area contributed by atoms with Crippen LogP contribution in [-0.4, -0.2) is 9.38 Å². The van der Waals surface area contributed by atoms with Crippen LogP contribution in [0.2, 0.25) is 0 Å². The zero-order valence-electron chi connectivity index (χ0n) is 11.9. The van der Waals surface area contributed by atoms with Gasteiger partial charge in [0.1, 0.15) is 5.65 Å². The van der Waals surface area contributed by atoms with E-state index in [-0.39, 0.29) is 0 Å². The van der Waals surface area contributed by atoms with Gasteiger partial charge < -0.3 is 0 Å². The molecule has 0 aliphatic heterocycles. The number of rotatable bonds is 0. The number of fused-ring (bicyclic) bond motifs is 3. The van der Waals surface area contributed by atoms with E-state index in [0.29, 0.717) is 0 Å². The van der Waals surface area contributed by atoms with Gasteiger partial charge >= 0.3 is 0 Å². The Morgan fingerprint density at radius 3 is 2.26 bits per heavy atom. The summed E-state index contributed by atoms with van der Waals surface area (Å²) in [5, 5.41) is 5.11. The van der Waals surface area contributed by atoms with E-state index in [1.807, 2.05) is 6.20 Å². The van der Waals surface area contributed by atoms with Crippen LogP contribution in [0, 0.1) is 0 Å². The lowest BCUT2D eigenvalue weighted by molar-refractivity contribution is 1.10. The van der Waals surface area contributed by atoms with E-state index in [2.05, 4.69) is 67.5 Å². The maximum atomic E-state index is 4.53. The second-order valence-electron chi connectivity index (χ2n) is 5.39. The molecule has 1 aromatic carbocycles. The van der Waals surface area contributed by atoms with Crippen LogP contribution in [0.15, 0.2) is 36.7 Å². The zero-order chi connectivity index (χ0) is 13.6. The van der Waals surface area contributed by atoms with Gasteiger partial charge in [-0.05, 0) is 33.1 Å². The maximum absolute atomic E-state index is 4.53. The summed E-state index contributed by atoms with van der Waals surface area (Å²) in [6.45, 7) is 8.68. The van der Waals surface area contributed by atoms with Crippen molar-refractivity contribution in [3.63, 3.8) is 0 Å². The normalized spacial score (nSPS) is 11.2. The molecule has 0 saturated heterocycles. The van der Waals surface area contributed by atoms with Crippen molar-refractivity contribution in [2.24, 2.45) is 0 Å². The van der Waals surface area contributed by atoms with Crippen molar-refractivity contribution in [3.05, 3.63) is 47.2 Å². The van der Waals surface area contributed by atoms with Gasteiger partial charge in [0.15, 0.2) is 0 Å². The highest BCUT2D eigenvalue weighted by Crippen LogP contribution is 2.14. The van der Waals surface area contributed by atoms with Gasteiger partial charge in [-0.2, -0.15) is 0 Å². The second kappa shape index (κ2) is 4.23. The molecule has 96 valence electrons. The molecule has 0 fully saturated rings. The van der Waals surface area contributed by atoms with Crippen LogP contribution < -0.4 is 10.6 Å². The van der Waals surface area contributed by atoms with Gasteiger partial charge in [-0.15, -0.1) is 0 Å². The van der Waals surface area contributed by atoms with Crippen molar-refractivity contribution in [2.75, 3.05) is 0 Å². The highest BCUT2D eigenvalue weighted by atomic mass is 15.0. The van der Waals surface area contributed by atoms with Crippen LogP contribution in [-0.2, 0) is 0 Å². The van der Waals surface area contributed by atoms with Crippen LogP contribution in [0.4, 0.5) is 0 Å².